The molecule has 0 heterocycles. The molecule has 130 valence electrons. The third-order valence-corrected chi connectivity index (χ3v) is 7.43. The fourth-order valence-corrected chi connectivity index (χ4v) is 4.39. The third-order valence-electron chi connectivity index (χ3n) is 3.55. The van der Waals surface area contributed by atoms with Gasteiger partial charge in [-0.05, 0) is 12.8 Å². The van der Waals surface area contributed by atoms with Crippen molar-refractivity contribution in [2.75, 3.05) is 0 Å². The molecule has 0 rings (SSSR count). The molecule has 5 N–H and O–H groups in total. The van der Waals surface area contributed by atoms with Crippen LogP contribution in [0.4, 0.5) is 0 Å². The van der Waals surface area contributed by atoms with E-state index in [1.807, 2.05) is 0 Å². The molecule has 0 aromatic rings. The first-order valence-corrected chi connectivity index (χ1v) is 10.6. The molecule has 0 aliphatic heterocycles. The Kier molecular flexibility index (Phi) is 18.7. The topological polar surface area (TPSA) is 135 Å². The second kappa shape index (κ2) is 14.3. The first kappa shape index (κ1) is 30.0. The van der Waals surface area contributed by atoms with Crippen molar-refractivity contribution in [1.82, 2.24) is 0 Å². The molecule has 0 fully saturated rings. The molecule has 0 spiro atoms. The normalized spacial score (nSPS) is 12.4. The molecular formula is C12H28Na2O7P2. The number of hydrogen-bond donors (Lipinski definition) is 5. The summed E-state index contributed by atoms with van der Waals surface area (Å²) in [6, 6.07) is 0. The predicted molar refractivity (Wildman–Crippen MR) is 92.4 cm³/mol. The summed E-state index contributed by atoms with van der Waals surface area (Å²) in [5.74, 6) is 0. The Bertz CT molecular complexity index is 362. The predicted octanol–water partition coefficient (Wildman–Crippen LogP) is 2.15. The van der Waals surface area contributed by atoms with Gasteiger partial charge in [-0.1, -0.05) is 58.3 Å². The summed E-state index contributed by atoms with van der Waals surface area (Å²) >= 11 is 0. The third kappa shape index (κ3) is 11.6. The van der Waals surface area contributed by atoms with Crippen molar-refractivity contribution in [3.05, 3.63) is 0 Å². The minimum Gasteiger partial charge on any atom is -0.368 e. The van der Waals surface area contributed by atoms with Gasteiger partial charge in [-0.2, -0.15) is 0 Å². The molecule has 2 radical (unpaired) electrons. The van der Waals surface area contributed by atoms with Crippen molar-refractivity contribution < 1.29 is 33.8 Å². The molecule has 0 amide bonds. The summed E-state index contributed by atoms with van der Waals surface area (Å²) in [7, 11) is -10.6. The Morgan fingerprint density at radius 2 is 1.00 bits per heavy atom. The first-order chi connectivity index (χ1) is 9.56. The fourth-order valence-electron chi connectivity index (χ4n) is 2.13. The van der Waals surface area contributed by atoms with Crippen LogP contribution in [0.3, 0.4) is 0 Å². The van der Waals surface area contributed by atoms with Gasteiger partial charge >= 0.3 is 15.2 Å². The second-order valence-corrected chi connectivity index (χ2v) is 9.45. The van der Waals surface area contributed by atoms with Gasteiger partial charge in [0.1, 0.15) is 0 Å². The summed E-state index contributed by atoms with van der Waals surface area (Å²) in [5, 5.41) is 6.41. The van der Waals surface area contributed by atoms with Crippen LogP contribution in [0.15, 0.2) is 0 Å². The maximum atomic E-state index is 11.1. The largest absolute Gasteiger partial charge is 0.369 e. The Morgan fingerprint density at radius 1 is 0.696 bits per heavy atom. The molecule has 0 aliphatic carbocycles. The van der Waals surface area contributed by atoms with Crippen molar-refractivity contribution in [2.45, 2.75) is 76.2 Å². The van der Waals surface area contributed by atoms with Gasteiger partial charge in [-0.25, -0.2) is 0 Å². The van der Waals surface area contributed by atoms with E-state index in [0.717, 1.165) is 25.7 Å². The van der Waals surface area contributed by atoms with Crippen LogP contribution >= 0.6 is 15.2 Å². The van der Waals surface area contributed by atoms with Crippen LogP contribution in [0.2, 0.25) is 0 Å². The van der Waals surface area contributed by atoms with Crippen molar-refractivity contribution in [3.63, 3.8) is 0 Å². The monoisotopic (exact) mass is 392 g/mol. The number of unbranched alkanes of at least 4 members (excludes halogenated alkanes) is 8. The summed E-state index contributed by atoms with van der Waals surface area (Å²) in [6.45, 7) is 2.14. The molecule has 0 saturated heterocycles. The van der Waals surface area contributed by atoms with Gasteiger partial charge in [0.25, 0.3) is 5.08 Å². The van der Waals surface area contributed by atoms with Gasteiger partial charge < -0.3 is 24.7 Å². The quantitative estimate of drug-likeness (QED) is 0.195. The number of hydrogen-bond acceptors (Lipinski definition) is 3. The summed E-state index contributed by atoms with van der Waals surface area (Å²) in [6.07, 6.45) is 7.80. The van der Waals surface area contributed by atoms with E-state index in [1.54, 1.807) is 0 Å². The van der Waals surface area contributed by atoms with E-state index in [0.29, 0.717) is 6.42 Å². The Balaban J connectivity index is -0.00000200. The van der Waals surface area contributed by atoms with Crippen molar-refractivity contribution in [3.8, 4) is 0 Å². The van der Waals surface area contributed by atoms with Gasteiger partial charge in [0.2, 0.25) is 0 Å². The summed E-state index contributed by atoms with van der Waals surface area (Å²) in [5.41, 5.74) is 0. The number of rotatable bonds is 12. The molecule has 0 aliphatic rings. The number of aliphatic hydroxyl groups is 1. The zero-order valence-electron chi connectivity index (χ0n) is 14.5. The SMILES string of the molecule is CCCCCCCCCCCC(O)(P(=O)(O)O)P(=O)(O)O.[Na].[Na]. The molecule has 0 aromatic carbocycles. The maximum absolute atomic E-state index is 11.1. The van der Waals surface area contributed by atoms with E-state index in [4.69, 9.17) is 19.6 Å². The van der Waals surface area contributed by atoms with E-state index in [9.17, 15) is 14.2 Å². The molecule has 0 unspecified atom stereocenters. The van der Waals surface area contributed by atoms with Crippen molar-refractivity contribution >= 4 is 74.3 Å². The minimum atomic E-state index is -5.29. The van der Waals surface area contributed by atoms with Gasteiger partial charge in [0, 0.05) is 59.1 Å². The van der Waals surface area contributed by atoms with Gasteiger partial charge in [0.05, 0.1) is 0 Å². The molecule has 0 saturated carbocycles. The van der Waals surface area contributed by atoms with Crippen LogP contribution in [0.5, 0.6) is 0 Å². The van der Waals surface area contributed by atoms with Gasteiger partial charge in [-0.3, -0.25) is 9.13 Å². The molecule has 0 aromatic heterocycles. The first-order valence-electron chi connectivity index (χ1n) is 7.40. The van der Waals surface area contributed by atoms with E-state index >= 15 is 0 Å². The zero-order valence-corrected chi connectivity index (χ0v) is 20.3. The van der Waals surface area contributed by atoms with Crippen molar-refractivity contribution in [1.29, 1.82) is 0 Å². The Labute approximate surface area is 182 Å². The zero-order chi connectivity index (χ0) is 16.6. The minimum absolute atomic E-state index is 0. The van der Waals surface area contributed by atoms with Crippen LogP contribution in [0.25, 0.3) is 0 Å². The fraction of sp³-hybridized carbons (Fsp3) is 1.00. The van der Waals surface area contributed by atoms with E-state index in [1.165, 1.54) is 19.3 Å². The summed E-state index contributed by atoms with van der Waals surface area (Å²) in [4.78, 5) is 35.9. The van der Waals surface area contributed by atoms with Gasteiger partial charge in [-0.15, -0.1) is 0 Å². The average Bonchev–Trinajstić information content (AvgIpc) is 2.33. The molecular weight excluding hydrogens is 364 g/mol. The van der Waals surface area contributed by atoms with Gasteiger partial charge in [0.15, 0.2) is 0 Å². The van der Waals surface area contributed by atoms with Crippen LogP contribution in [0, 0.1) is 0 Å². The van der Waals surface area contributed by atoms with Crippen LogP contribution in [0.1, 0.15) is 71.1 Å². The Morgan fingerprint density at radius 3 is 1.30 bits per heavy atom. The Hall–Kier alpha value is 2.26. The van der Waals surface area contributed by atoms with Crippen LogP contribution in [-0.2, 0) is 9.13 Å². The molecule has 11 heteroatoms. The van der Waals surface area contributed by atoms with Crippen LogP contribution < -0.4 is 0 Å². The smallest absolute Gasteiger partial charge is 0.368 e. The molecule has 7 nitrogen and oxygen atoms in total. The average molecular weight is 392 g/mol. The molecule has 23 heavy (non-hydrogen) atoms. The van der Waals surface area contributed by atoms with E-state index < -0.39 is 26.7 Å². The van der Waals surface area contributed by atoms with Crippen LogP contribution in [-0.4, -0.2) is 88.9 Å². The van der Waals surface area contributed by atoms with Crippen molar-refractivity contribution in [2.24, 2.45) is 0 Å². The molecule has 0 bridgehead atoms. The maximum Gasteiger partial charge on any atom is 0.369 e. The van der Waals surface area contributed by atoms with E-state index in [-0.39, 0.29) is 65.5 Å². The second-order valence-electron chi connectivity index (χ2n) is 5.44. The summed E-state index contributed by atoms with van der Waals surface area (Å²) < 4.78 is 22.2. The van der Waals surface area contributed by atoms with E-state index in [2.05, 4.69) is 6.92 Å². The molecule has 0 atom stereocenters. The standard InChI is InChI=1S/C12H28O7P2.2Na/c1-2-3-4-5-6-7-8-9-10-11-12(13,20(14,15)16)21(17,18)19;;/h13H,2-11H2,1H3,(H2,14,15,16)(H2,17,18,19);;.